The molecule has 110 valence electrons. The summed E-state index contributed by atoms with van der Waals surface area (Å²) >= 11 is 0. The van der Waals surface area contributed by atoms with Crippen LogP contribution in [0, 0.1) is 5.92 Å². The summed E-state index contributed by atoms with van der Waals surface area (Å²) in [6.07, 6.45) is 5.82. The minimum absolute atomic E-state index is 0.671. The van der Waals surface area contributed by atoms with Crippen molar-refractivity contribution < 1.29 is 0 Å². The minimum atomic E-state index is 0.671. The van der Waals surface area contributed by atoms with E-state index in [1.54, 1.807) is 0 Å². The number of hydrogen-bond acceptors (Lipinski definition) is 2. The second kappa shape index (κ2) is 7.07. The van der Waals surface area contributed by atoms with E-state index in [2.05, 4.69) is 23.7 Å². The van der Waals surface area contributed by atoms with Crippen molar-refractivity contribution in [2.24, 2.45) is 5.92 Å². The normalized spacial score (nSPS) is 13.8. The van der Waals surface area contributed by atoms with Crippen LogP contribution in [0.1, 0.15) is 38.7 Å². The SMILES string of the molecule is C=C(c1ccc(-c2ccc(N)cc2)nc1)C1CCC1.CC. The molecule has 0 unspecified atom stereocenters. The Kier molecular flexibility index (Phi) is 5.15. The van der Waals surface area contributed by atoms with Crippen LogP contribution >= 0.6 is 0 Å². The largest absolute Gasteiger partial charge is 0.399 e. The summed E-state index contributed by atoms with van der Waals surface area (Å²) in [7, 11) is 0. The summed E-state index contributed by atoms with van der Waals surface area (Å²) in [6.45, 7) is 8.20. The van der Waals surface area contributed by atoms with E-state index in [9.17, 15) is 0 Å². The van der Waals surface area contributed by atoms with E-state index < -0.39 is 0 Å². The van der Waals surface area contributed by atoms with Gasteiger partial charge < -0.3 is 5.73 Å². The third-order valence-electron chi connectivity index (χ3n) is 3.94. The Morgan fingerprint density at radius 3 is 2.24 bits per heavy atom. The third-order valence-corrected chi connectivity index (χ3v) is 3.94. The van der Waals surface area contributed by atoms with Crippen LogP contribution in [-0.2, 0) is 0 Å². The van der Waals surface area contributed by atoms with Gasteiger partial charge in [0.1, 0.15) is 0 Å². The van der Waals surface area contributed by atoms with Crippen molar-refractivity contribution in [3.8, 4) is 11.3 Å². The quantitative estimate of drug-likeness (QED) is 0.788. The van der Waals surface area contributed by atoms with Crippen LogP contribution in [0.2, 0.25) is 0 Å². The smallest absolute Gasteiger partial charge is 0.0702 e. The van der Waals surface area contributed by atoms with Gasteiger partial charge >= 0.3 is 0 Å². The lowest BCUT2D eigenvalue weighted by Crippen LogP contribution is -2.12. The van der Waals surface area contributed by atoms with Gasteiger partial charge in [-0.25, -0.2) is 0 Å². The Labute approximate surface area is 127 Å². The second-order valence-electron chi connectivity index (χ2n) is 5.21. The summed E-state index contributed by atoms with van der Waals surface area (Å²) < 4.78 is 0. The lowest BCUT2D eigenvalue weighted by atomic mass is 9.78. The summed E-state index contributed by atoms with van der Waals surface area (Å²) in [5.74, 6) is 0.671. The van der Waals surface area contributed by atoms with Crippen molar-refractivity contribution in [2.45, 2.75) is 33.1 Å². The molecule has 0 radical (unpaired) electrons. The van der Waals surface area contributed by atoms with Crippen molar-refractivity contribution in [3.63, 3.8) is 0 Å². The number of aromatic nitrogens is 1. The topological polar surface area (TPSA) is 38.9 Å². The summed E-state index contributed by atoms with van der Waals surface area (Å²) in [5, 5.41) is 0. The average molecular weight is 280 g/mol. The van der Waals surface area contributed by atoms with Gasteiger partial charge in [-0.05, 0) is 48.1 Å². The standard InChI is InChI=1S/C17H18N2.C2H6/c1-12(13-3-2-4-13)15-7-10-17(19-11-15)14-5-8-16(18)9-6-14;1-2/h5-11,13H,1-4,18H2;1-2H3. The highest BCUT2D eigenvalue weighted by Gasteiger charge is 2.21. The zero-order valence-electron chi connectivity index (χ0n) is 13.0. The predicted octanol–water partition coefficient (Wildman–Crippen LogP) is 5.17. The first-order valence-corrected chi connectivity index (χ1v) is 7.75. The van der Waals surface area contributed by atoms with E-state index in [0.29, 0.717) is 5.92 Å². The molecule has 0 saturated heterocycles. The van der Waals surface area contributed by atoms with Crippen LogP contribution in [-0.4, -0.2) is 4.98 Å². The molecule has 1 heterocycles. The number of nitrogens with zero attached hydrogens (tertiary/aromatic N) is 1. The number of allylic oxidation sites excluding steroid dienone is 1. The molecular weight excluding hydrogens is 256 g/mol. The van der Waals surface area contributed by atoms with Gasteiger partial charge in [0, 0.05) is 17.4 Å². The van der Waals surface area contributed by atoms with Crippen LogP contribution in [0.5, 0.6) is 0 Å². The molecule has 0 aliphatic heterocycles. The van der Waals surface area contributed by atoms with Crippen LogP contribution in [0.25, 0.3) is 16.8 Å². The molecule has 21 heavy (non-hydrogen) atoms. The van der Waals surface area contributed by atoms with Crippen LogP contribution in [0.15, 0.2) is 49.2 Å². The number of rotatable bonds is 3. The van der Waals surface area contributed by atoms with Crippen molar-refractivity contribution in [1.82, 2.24) is 4.98 Å². The monoisotopic (exact) mass is 280 g/mol. The molecule has 1 aromatic carbocycles. The fourth-order valence-corrected chi connectivity index (χ4v) is 2.40. The first-order valence-electron chi connectivity index (χ1n) is 7.75. The molecule has 0 atom stereocenters. The molecule has 1 aromatic heterocycles. The average Bonchev–Trinajstić information content (AvgIpc) is 2.48. The molecular formula is C19H24N2. The van der Waals surface area contributed by atoms with Gasteiger partial charge in [-0.1, -0.05) is 45.0 Å². The zero-order chi connectivity index (χ0) is 15.2. The third kappa shape index (κ3) is 3.52. The molecule has 3 rings (SSSR count). The van der Waals surface area contributed by atoms with Gasteiger partial charge in [0.05, 0.1) is 5.69 Å². The van der Waals surface area contributed by atoms with Gasteiger partial charge in [-0.2, -0.15) is 0 Å². The number of pyridine rings is 1. The van der Waals surface area contributed by atoms with Crippen molar-refractivity contribution in [1.29, 1.82) is 0 Å². The molecule has 0 spiro atoms. The van der Waals surface area contributed by atoms with Gasteiger partial charge in [0.15, 0.2) is 0 Å². The molecule has 2 N–H and O–H groups in total. The molecule has 1 aliphatic rings. The number of hydrogen-bond donors (Lipinski definition) is 1. The highest BCUT2D eigenvalue weighted by atomic mass is 14.7. The zero-order valence-corrected chi connectivity index (χ0v) is 13.0. The number of benzene rings is 1. The Hall–Kier alpha value is -2.09. The molecule has 2 heteroatoms. The van der Waals surface area contributed by atoms with Gasteiger partial charge in [0.2, 0.25) is 0 Å². The van der Waals surface area contributed by atoms with Gasteiger partial charge in [0.25, 0.3) is 0 Å². The van der Waals surface area contributed by atoms with E-state index in [0.717, 1.165) is 16.9 Å². The highest BCUT2D eigenvalue weighted by molar-refractivity contribution is 5.68. The fraction of sp³-hybridized carbons (Fsp3) is 0.316. The van der Waals surface area contributed by atoms with Crippen molar-refractivity contribution in [3.05, 3.63) is 54.7 Å². The molecule has 2 aromatic rings. The molecule has 1 saturated carbocycles. The number of nitrogen functional groups attached to an aromatic ring is 1. The van der Waals surface area contributed by atoms with Gasteiger partial charge in [-0.3, -0.25) is 4.98 Å². The Morgan fingerprint density at radius 1 is 1.10 bits per heavy atom. The van der Waals surface area contributed by atoms with Crippen LogP contribution in [0.4, 0.5) is 5.69 Å². The second-order valence-corrected chi connectivity index (χ2v) is 5.21. The first-order chi connectivity index (χ1) is 10.2. The summed E-state index contributed by atoms with van der Waals surface area (Å²) in [6, 6.07) is 12.0. The Balaban J connectivity index is 0.000000774. The van der Waals surface area contributed by atoms with Gasteiger partial charge in [-0.15, -0.1) is 0 Å². The predicted molar refractivity (Wildman–Crippen MR) is 91.8 cm³/mol. The maximum atomic E-state index is 5.69. The van der Waals surface area contributed by atoms with Crippen molar-refractivity contribution in [2.75, 3.05) is 5.73 Å². The lowest BCUT2D eigenvalue weighted by molar-refractivity contribution is 0.401. The van der Waals surface area contributed by atoms with E-state index in [4.69, 9.17) is 5.73 Å². The lowest BCUT2D eigenvalue weighted by Gasteiger charge is -2.27. The molecule has 2 nitrogen and oxygen atoms in total. The van der Waals surface area contributed by atoms with E-state index >= 15 is 0 Å². The summed E-state index contributed by atoms with van der Waals surface area (Å²) in [5.41, 5.74) is 10.9. The Bertz CT molecular complexity index is 578. The van der Waals surface area contributed by atoms with E-state index in [-0.39, 0.29) is 0 Å². The fourth-order valence-electron chi connectivity index (χ4n) is 2.40. The van der Waals surface area contributed by atoms with E-state index in [1.807, 2.05) is 44.3 Å². The van der Waals surface area contributed by atoms with E-state index in [1.165, 1.54) is 30.4 Å². The minimum Gasteiger partial charge on any atom is -0.399 e. The first kappa shape index (κ1) is 15.3. The van der Waals surface area contributed by atoms with Crippen molar-refractivity contribution >= 4 is 11.3 Å². The summed E-state index contributed by atoms with van der Waals surface area (Å²) in [4.78, 5) is 4.54. The van der Waals surface area contributed by atoms with Crippen LogP contribution < -0.4 is 5.73 Å². The number of nitrogens with two attached hydrogens (primary N) is 1. The molecule has 0 bridgehead atoms. The maximum absolute atomic E-state index is 5.69. The molecule has 0 amide bonds. The molecule has 1 fully saturated rings. The van der Waals surface area contributed by atoms with Crippen LogP contribution in [0.3, 0.4) is 0 Å². The Morgan fingerprint density at radius 2 is 1.76 bits per heavy atom. The maximum Gasteiger partial charge on any atom is 0.0702 e. The molecule has 1 aliphatic carbocycles. The number of anilines is 1. The highest BCUT2D eigenvalue weighted by Crippen LogP contribution is 2.37.